The van der Waals surface area contributed by atoms with Crippen molar-refractivity contribution in [2.45, 2.75) is 84.4 Å². The standard InChI is InChI=1S/C33H38F4N4O4S/c1-4-40(17-22-7-5-21(6-8-22)13-28(42)43)31-27(39-26(16-38-31)30-19(2)9-10-46-30)18-41-20(3)29(45-32(41)44)24-11-23(15-34)12-25(14-24)33(35,36)37/h9-12,14,16,20-22,29H,4-8,13,15,17-18H2,1-3H3,(H,42,43)/t20-,21?,22?,29?/m0/s1. The maximum atomic E-state index is 13.6. The summed E-state index contributed by atoms with van der Waals surface area (Å²) in [5.74, 6) is 0.355. The first-order chi connectivity index (χ1) is 21.9. The Balaban J connectivity index is 1.43. The highest BCUT2D eigenvalue weighted by molar-refractivity contribution is 7.13. The summed E-state index contributed by atoms with van der Waals surface area (Å²) in [5.41, 5.74) is 1.15. The number of ether oxygens (including phenoxy) is 1. The smallest absolute Gasteiger partial charge is 0.416 e. The fourth-order valence-corrected chi connectivity index (χ4v) is 7.40. The number of cyclic esters (lactones) is 1. The number of aromatic nitrogens is 2. The van der Waals surface area contributed by atoms with Crippen molar-refractivity contribution in [1.82, 2.24) is 14.9 Å². The topological polar surface area (TPSA) is 95.9 Å². The minimum absolute atomic E-state index is 0.00782. The van der Waals surface area contributed by atoms with Gasteiger partial charge in [-0.15, -0.1) is 11.3 Å². The summed E-state index contributed by atoms with van der Waals surface area (Å²) in [6, 6.07) is 4.29. The van der Waals surface area contributed by atoms with E-state index in [-0.39, 0.29) is 30.0 Å². The number of aryl methyl sites for hydroxylation is 1. The number of nitrogens with zero attached hydrogens (tertiary/aromatic N) is 4. The van der Waals surface area contributed by atoms with Crippen LogP contribution in [0.1, 0.15) is 80.0 Å². The average Bonchev–Trinajstić information content (AvgIpc) is 3.57. The third-order valence-electron chi connectivity index (χ3n) is 9.04. The van der Waals surface area contributed by atoms with Crippen LogP contribution in [0.5, 0.6) is 0 Å². The quantitative estimate of drug-likeness (QED) is 0.207. The Bertz CT molecular complexity index is 1560. The molecule has 1 saturated heterocycles. The lowest BCUT2D eigenvalue weighted by Crippen LogP contribution is -2.36. The van der Waals surface area contributed by atoms with Crippen molar-refractivity contribution in [3.05, 3.63) is 63.8 Å². The van der Waals surface area contributed by atoms with E-state index in [1.807, 2.05) is 25.3 Å². The molecule has 1 amide bonds. The van der Waals surface area contributed by atoms with Crippen molar-refractivity contribution < 1.29 is 37.0 Å². The highest BCUT2D eigenvalue weighted by Crippen LogP contribution is 2.39. The molecule has 2 aliphatic rings. The summed E-state index contributed by atoms with van der Waals surface area (Å²) in [4.78, 5) is 38.8. The number of thiophene rings is 1. The lowest BCUT2D eigenvalue weighted by Gasteiger charge is -2.33. The molecule has 1 aliphatic carbocycles. The van der Waals surface area contributed by atoms with E-state index < -0.39 is 42.6 Å². The number of carboxylic acids is 1. The van der Waals surface area contributed by atoms with Gasteiger partial charge in [-0.2, -0.15) is 13.2 Å². The van der Waals surface area contributed by atoms with E-state index in [1.54, 1.807) is 13.1 Å². The van der Waals surface area contributed by atoms with E-state index in [0.29, 0.717) is 36.2 Å². The molecule has 0 radical (unpaired) electrons. The SMILES string of the molecule is CCN(CC1CCC(CC(=O)O)CC1)c1ncc(-c2sccc2C)nc1CN1C(=O)OC(c2cc(CF)cc(C(F)(F)F)c2)[C@@H]1C. The Morgan fingerprint density at radius 1 is 1.17 bits per heavy atom. The number of hydrogen-bond donors (Lipinski definition) is 1. The Labute approximate surface area is 269 Å². The van der Waals surface area contributed by atoms with E-state index in [1.165, 1.54) is 22.3 Å². The highest BCUT2D eigenvalue weighted by Gasteiger charge is 2.42. The van der Waals surface area contributed by atoms with Gasteiger partial charge in [0.05, 0.1) is 34.9 Å². The van der Waals surface area contributed by atoms with Crippen molar-refractivity contribution in [1.29, 1.82) is 0 Å². The van der Waals surface area contributed by atoms with E-state index in [9.17, 15) is 32.3 Å². The van der Waals surface area contributed by atoms with Crippen LogP contribution in [0.2, 0.25) is 0 Å². The van der Waals surface area contributed by atoms with Crippen LogP contribution in [0.4, 0.5) is 28.2 Å². The molecule has 13 heteroatoms. The van der Waals surface area contributed by atoms with E-state index in [2.05, 4.69) is 4.90 Å². The number of alkyl halides is 4. The van der Waals surface area contributed by atoms with Crippen LogP contribution in [-0.2, 0) is 28.9 Å². The minimum Gasteiger partial charge on any atom is -0.481 e. The van der Waals surface area contributed by atoms with Gasteiger partial charge in [0.15, 0.2) is 5.82 Å². The molecular formula is C33H38F4N4O4S. The third kappa shape index (κ3) is 7.45. The highest BCUT2D eigenvalue weighted by atomic mass is 32.1. The number of carboxylic acid groups (broad SMARTS) is 1. The van der Waals surface area contributed by atoms with Gasteiger partial charge in [0.1, 0.15) is 18.5 Å². The number of carbonyl (C=O) groups excluding carboxylic acids is 1. The van der Waals surface area contributed by atoms with Gasteiger partial charge in [0.2, 0.25) is 0 Å². The summed E-state index contributed by atoms with van der Waals surface area (Å²) < 4.78 is 60.0. The zero-order valence-corrected chi connectivity index (χ0v) is 26.8. The first-order valence-corrected chi connectivity index (χ1v) is 16.4. The van der Waals surface area contributed by atoms with Crippen LogP contribution in [-0.4, -0.2) is 51.2 Å². The lowest BCUT2D eigenvalue weighted by atomic mass is 9.80. The number of halogens is 4. The van der Waals surface area contributed by atoms with Crippen LogP contribution in [0, 0.1) is 18.8 Å². The Morgan fingerprint density at radius 3 is 2.50 bits per heavy atom. The second kappa shape index (κ2) is 13.9. The molecular weight excluding hydrogens is 624 g/mol. The second-order valence-electron chi connectivity index (χ2n) is 12.2. The predicted octanol–water partition coefficient (Wildman–Crippen LogP) is 8.19. The molecule has 5 rings (SSSR count). The molecule has 1 unspecified atom stereocenters. The van der Waals surface area contributed by atoms with Crippen LogP contribution < -0.4 is 4.90 Å². The number of rotatable bonds is 11. The zero-order chi connectivity index (χ0) is 33.2. The lowest BCUT2D eigenvalue weighted by molar-refractivity contribution is -0.139. The first-order valence-electron chi connectivity index (χ1n) is 15.5. The molecule has 8 nitrogen and oxygen atoms in total. The van der Waals surface area contributed by atoms with Gasteiger partial charge in [-0.3, -0.25) is 9.69 Å². The molecule has 248 valence electrons. The molecule has 46 heavy (non-hydrogen) atoms. The maximum Gasteiger partial charge on any atom is 0.416 e. The number of hydrogen-bond acceptors (Lipinski definition) is 7. The molecule has 2 atom stereocenters. The van der Waals surface area contributed by atoms with Crippen LogP contribution in [0.25, 0.3) is 10.6 Å². The Hall–Kier alpha value is -3.74. The summed E-state index contributed by atoms with van der Waals surface area (Å²) in [5, 5.41) is 11.1. The summed E-state index contributed by atoms with van der Waals surface area (Å²) in [7, 11) is 0. The van der Waals surface area contributed by atoms with Gasteiger partial charge in [0.25, 0.3) is 0 Å². The molecule has 3 heterocycles. The van der Waals surface area contributed by atoms with Gasteiger partial charge < -0.3 is 14.7 Å². The van der Waals surface area contributed by atoms with Gasteiger partial charge in [-0.1, -0.05) is 0 Å². The van der Waals surface area contributed by atoms with Crippen LogP contribution >= 0.6 is 11.3 Å². The van der Waals surface area contributed by atoms with Crippen molar-refractivity contribution in [2.24, 2.45) is 11.8 Å². The number of benzene rings is 1. The molecule has 1 N–H and O–H groups in total. The fourth-order valence-electron chi connectivity index (χ4n) is 6.52. The Morgan fingerprint density at radius 2 is 1.89 bits per heavy atom. The Kier molecular flexibility index (Phi) is 10.2. The summed E-state index contributed by atoms with van der Waals surface area (Å²) in [6.45, 7) is 5.91. The molecule has 3 aromatic rings. The van der Waals surface area contributed by atoms with Gasteiger partial charge in [0, 0.05) is 19.5 Å². The number of aliphatic carboxylic acids is 1. The van der Waals surface area contributed by atoms with Crippen LogP contribution in [0.15, 0.2) is 35.8 Å². The molecule has 1 aromatic carbocycles. The van der Waals surface area contributed by atoms with Crippen LogP contribution in [0.3, 0.4) is 0 Å². The van der Waals surface area contributed by atoms with Gasteiger partial charge in [-0.25, -0.2) is 19.2 Å². The molecule has 0 spiro atoms. The molecule has 2 aromatic heterocycles. The van der Waals surface area contributed by atoms with Crippen molar-refractivity contribution in [3.63, 3.8) is 0 Å². The number of anilines is 1. The molecule has 0 bridgehead atoms. The summed E-state index contributed by atoms with van der Waals surface area (Å²) in [6.07, 6.45) is -1.02. The normalized spacial score (nSPS) is 21.8. The predicted molar refractivity (Wildman–Crippen MR) is 166 cm³/mol. The average molecular weight is 663 g/mol. The monoisotopic (exact) mass is 662 g/mol. The number of carbonyl (C=O) groups is 2. The minimum atomic E-state index is -4.69. The summed E-state index contributed by atoms with van der Waals surface area (Å²) >= 11 is 1.53. The molecule has 2 fully saturated rings. The number of amides is 1. The first kappa shape index (κ1) is 33.6. The zero-order valence-electron chi connectivity index (χ0n) is 26.0. The fraction of sp³-hybridized carbons (Fsp3) is 0.515. The van der Waals surface area contributed by atoms with E-state index in [0.717, 1.165) is 48.3 Å². The second-order valence-corrected chi connectivity index (χ2v) is 13.2. The third-order valence-corrected chi connectivity index (χ3v) is 10.1. The maximum absolute atomic E-state index is 13.6. The van der Waals surface area contributed by atoms with Gasteiger partial charge in [-0.05, 0) is 105 Å². The van der Waals surface area contributed by atoms with E-state index >= 15 is 0 Å². The molecule has 1 saturated carbocycles. The van der Waals surface area contributed by atoms with Crippen molar-refractivity contribution in [3.8, 4) is 10.6 Å². The van der Waals surface area contributed by atoms with Crippen molar-refractivity contribution >= 4 is 29.2 Å². The van der Waals surface area contributed by atoms with Crippen molar-refractivity contribution in [2.75, 3.05) is 18.0 Å². The van der Waals surface area contributed by atoms with E-state index in [4.69, 9.17) is 14.7 Å². The molecule has 1 aliphatic heterocycles. The van der Waals surface area contributed by atoms with Gasteiger partial charge >= 0.3 is 18.2 Å². The largest absolute Gasteiger partial charge is 0.481 e.